The molecule has 0 aromatic heterocycles. The fraction of sp³-hybridized carbons (Fsp3) is 0.391. The van der Waals surface area contributed by atoms with Gasteiger partial charge in [0.05, 0.1) is 18.3 Å². The first-order valence-corrected chi connectivity index (χ1v) is 9.55. The lowest BCUT2D eigenvalue weighted by Gasteiger charge is -2.16. The lowest BCUT2D eigenvalue weighted by atomic mass is 9.98. The molecule has 0 fully saturated rings. The standard InChI is InChI=1S/C23H29NO4/c1-15(2)20-8-6-7-17(5)22(20)24-21(25)14-28-23(26)19-11-9-18(10-12-19)13-27-16(3)4/h6-12,15-16H,13-14H2,1-5H3,(H,24,25). The average Bonchev–Trinajstić information content (AvgIpc) is 2.66. The van der Waals surface area contributed by atoms with E-state index in [1.54, 1.807) is 12.1 Å². The number of anilines is 1. The molecule has 5 nitrogen and oxygen atoms in total. The largest absolute Gasteiger partial charge is 0.452 e. The van der Waals surface area contributed by atoms with Gasteiger partial charge < -0.3 is 14.8 Å². The van der Waals surface area contributed by atoms with Crippen molar-refractivity contribution in [3.63, 3.8) is 0 Å². The Bertz CT molecular complexity index is 810. The number of carbonyl (C=O) groups excluding carboxylic acids is 2. The van der Waals surface area contributed by atoms with Crippen LogP contribution < -0.4 is 5.32 Å². The molecule has 2 rings (SSSR count). The molecule has 150 valence electrons. The molecule has 0 unspecified atom stereocenters. The van der Waals surface area contributed by atoms with E-state index in [9.17, 15) is 9.59 Å². The van der Waals surface area contributed by atoms with Crippen LogP contribution in [0.2, 0.25) is 0 Å². The van der Waals surface area contributed by atoms with Crippen molar-refractivity contribution in [3.05, 3.63) is 64.7 Å². The molecule has 1 N–H and O–H groups in total. The number of para-hydroxylation sites is 1. The summed E-state index contributed by atoms with van der Waals surface area (Å²) >= 11 is 0. The summed E-state index contributed by atoms with van der Waals surface area (Å²) in [5.74, 6) is -0.609. The van der Waals surface area contributed by atoms with Gasteiger partial charge in [-0.25, -0.2) is 4.79 Å². The van der Waals surface area contributed by atoms with Crippen LogP contribution in [0, 0.1) is 6.92 Å². The molecular formula is C23H29NO4. The minimum atomic E-state index is -0.527. The maximum Gasteiger partial charge on any atom is 0.338 e. The van der Waals surface area contributed by atoms with E-state index in [-0.39, 0.29) is 24.5 Å². The molecule has 0 saturated heterocycles. The molecule has 2 aromatic rings. The third-order valence-corrected chi connectivity index (χ3v) is 4.30. The van der Waals surface area contributed by atoms with E-state index in [4.69, 9.17) is 9.47 Å². The van der Waals surface area contributed by atoms with Gasteiger partial charge in [0.2, 0.25) is 0 Å². The molecular weight excluding hydrogens is 354 g/mol. The Balaban J connectivity index is 1.92. The minimum Gasteiger partial charge on any atom is -0.452 e. The number of ether oxygens (including phenoxy) is 2. The highest BCUT2D eigenvalue weighted by molar-refractivity contribution is 5.96. The fourth-order valence-electron chi connectivity index (χ4n) is 2.73. The number of rotatable bonds is 8. The molecule has 0 bridgehead atoms. The van der Waals surface area contributed by atoms with Crippen LogP contribution in [0.15, 0.2) is 42.5 Å². The summed E-state index contributed by atoms with van der Waals surface area (Å²) in [6.07, 6.45) is 0.146. The van der Waals surface area contributed by atoms with Gasteiger partial charge in [0.15, 0.2) is 6.61 Å². The second-order valence-electron chi connectivity index (χ2n) is 7.37. The Morgan fingerprint density at radius 1 is 1.00 bits per heavy atom. The molecule has 0 saturated carbocycles. The van der Waals surface area contributed by atoms with Crippen molar-refractivity contribution in [2.24, 2.45) is 0 Å². The van der Waals surface area contributed by atoms with Gasteiger partial charge in [-0.15, -0.1) is 0 Å². The van der Waals surface area contributed by atoms with Crippen molar-refractivity contribution in [3.8, 4) is 0 Å². The third-order valence-electron chi connectivity index (χ3n) is 4.30. The Kier molecular flexibility index (Phi) is 7.76. The number of carbonyl (C=O) groups is 2. The van der Waals surface area contributed by atoms with Crippen molar-refractivity contribution >= 4 is 17.6 Å². The van der Waals surface area contributed by atoms with E-state index in [2.05, 4.69) is 19.2 Å². The SMILES string of the molecule is Cc1cccc(C(C)C)c1NC(=O)COC(=O)c1ccc(COC(C)C)cc1. The molecule has 2 aromatic carbocycles. The summed E-state index contributed by atoms with van der Waals surface area (Å²) < 4.78 is 10.7. The highest BCUT2D eigenvalue weighted by atomic mass is 16.5. The maximum absolute atomic E-state index is 12.3. The van der Waals surface area contributed by atoms with Crippen molar-refractivity contribution in [1.29, 1.82) is 0 Å². The van der Waals surface area contributed by atoms with Crippen LogP contribution in [0.4, 0.5) is 5.69 Å². The summed E-state index contributed by atoms with van der Waals surface area (Å²) in [7, 11) is 0. The molecule has 0 atom stereocenters. The summed E-state index contributed by atoms with van der Waals surface area (Å²) in [6, 6.07) is 12.9. The van der Waals surface area contributed by atoms with Crippen molar-refractivity contribution in [1.82, 2.24) is 0 Å². The Labute approximate surface area is 167 Å². The first kappa shape index (κ1) is 21.6. The van der Waals surface area contributed by atoms with Crippen molar-refractivity contribution in [2.45, 2.75) is 53.2 Å². The first-order chi connectivity index (χ1) is 13.3. The second-order valence-corrected chi connectivity index (χ2v) is 7.37. The summed E-state index contributed by atoms with van der Waals surface area (Å²) in [5, 5.41) is 2.87. The number of hydrogen-bond acceptors (Lipinski definition) is 4. The number of hydrogen-bond donors (Lipinski definition) is 1. The van der Waals surface area contributed by atoms with Gasteiger partial charge >= 0.3 is 5.97 Å². The number of amides is 1. The van der Waals surface area contributed by atoms with Gasteiger partial charge in [-0.1, -0.05) is 44.2 Å². The summed E-state index contributed by atoms with van der Waals surface area (Å²) in [4.78, 5) is 24.5. The first-order valence-electron chi connectivity index (χ1n) is 9.55. The van der Waals surface area contributed by atoms with Crippen LogP contribution in [0.5, 0.6) is 0 Å². The number of nitrogens with one attached hydrogen (secondary N) is 1. The topological polar surface area (TPSA) is 64.6 Å². The maximum atomic E-state index is 12.3. The Morgan fingerprint density at radius 3 is 2.29 bits per heavy atom. The molecule has 0 radical (unpaired) electrons. The van der Waals surface area contributed by atoms with Crippen LogP contribution in [0.25, 0.3) is 0 Å². The van der Waals surface area contributed by atoms with Crippen molar-refractivity contribution in [2.75, 3.05) is 11.9 Å². The third kappa shape index (κ3) is 6.20. The number of benzene rings is 2. The van der Waals surface area contributed by atoms with E-state index in [1.807, 2.05) is 51.1 Å². The van der Waals surface area contributed by atoms with Gasteiger partial charge in [-0.3, -0.25) is 4.79 Å². The van der Waals surface area contributed by atoms with Crippen LogP contribution in [-0.4, -0.2) is 24.6 Å². The van der Waals surface area contributed by atoms with Gasteiger partial charge in [-0.2, -0.15) is 0 Å². The van der Waals surface area contributed by atoms with Gasteiger partial charge in [-0.05, 0) is 55.5 Å². The fourth-order valence-corrected chi connectivity index (χ4v) is 2.73. The normalized spacial score (nSPS) is 11.0. The highest BCUT2D eigenvalue weighted by Crippen LogP contribution is 2.27. The van der Waals surface area contributed by atoms with Crippen LogP contribution in [0.3, 0.4) is 0 Å². The lowest BCUT2D eigenvalue weighted by Crippen LogP contribution is -2.22. The van der Waals surface area contributed by atoms with E-state index in [1.165, 1.54) is 0 Å². The van der Waals surface area contributed by atoms with E-state index < -0.39 is 5.97 Å². The number of esters is 1. The zero-order valence-electron chi connectivity index (χ0n) is 17.2. The van der Waals surface area contributed by atoms with Gasteiger partial charge in [0, 0.05) is 5.69 Å². The predicted molar refractivity (Wildman–Crippen MR) is 111 cm³/mol. The summed E-state index contributed by atoms with van der Waals surface area (Å²) in [6.45, 7) is 10.2. The zero-order valence-corrected chi connectivity index (χ0v) is 17.2. The van der Waals surface area contributed by atoms with E-state index >= 15 is 0 Å². The monoisotopic (exact) mass is 383 g/mol. The zero-order chi connectivity index (χ0) is 20.7. The second kappa shape index (κ2) is 10.0. The molecule has 0 spiro atoms. The average molecular weight is 383 g/mol. The highest BCUT2D eigenvalue weighted by Gasteiger charge is 2.14. The van der Waals surface area contributed by atoms with E-state index in [0.29, 0.717) is 12.2 Å². The van der Waals surface area contributed by atoms with Gasteiger partial charge in [0.1, 0.15) is 0 Å². The smallest absolute Gasteiger partial charge is 0.338 e. The van der Waals surface area contributed by atoms with Gasteiger partial charge in [0.25, 0.3) is 5.91 Å². The number of aryl methyl sites for hydroxylation is 1. The Morgan fingerprint density at radius 2 is 1.68 bits per heavy atom. The molecule has 1 amide bonds. The molecule has 0 aliphatic heterocycles. The lowest BCUT2D eigenvalue weighted by molar-refractivity contribution is -0.119. The van der Waals surface area contributed by atoms with Crippen LogP contribution in [0.1, 0.15) is 60.7 Å². The minimum absolute atomic E-state index is 0.146. The predicted octanol–water partition coefficient (Wildman–Crippen LogP) is 4.84. The van der Waals surface area contributed by atoms with Crippen molar-refractivity contribution < 1.29 is 19.1 Å². The molecule has 0 aliphatic rings. The molecule has 0 heterocycles. The summed E-state index contributed by atoms with van der Waals surface area (Å²) in [5.41, 5.74) is 4.20. The Hall–Kier alpha value is -2.66. The molecule has 28 heavy (non-hydrogen) atoms. The van der Waals surface area contributed by atoms with Crippen LogP contribution >= 0.6 is 0 Å². The van der Waals surface area contributed by atoms with E-state index in [0.717, 1.165) is 22.4 Å². The molecule has 0 aliphatic carbocycles. The quantitative estimate of drug-likeness (QED) is 0.663. The van der Waals surface area contributed by atoms with Crippen LogP contribution in [-0.2, 0) is 20.9 Å². The molecule has 5 heteroatoms.